The van der Waals surface area contributed by atoms with Gasteiger partial charge in [0.25, 0.3) is 0 Å². The van der Waals surface area contributed by atoms with Crippen LogP contribution in [0.25, 0.3) is 10.2 Å². The maximum absolute atomic E-state index is 7.32. The number of thiazole rings is 1. The summed E-state index contributed by atoms with van der Waals surface area (Å²) in [6.45, 7) is 2.86. The Morgan fingerprint density at radius 3 is 2.20 bits per heavy atom. The van der Waals surface area contributed by atoms with Crippen molar-refractivity contribution >= 4 is 21.6 Å². The number of hydrogen-bond acceptors (Lipinski definition) is 4. The maximum atomic E-state index is 7.32. The third-order valence-electron chi connectivity index (χ3n) is 1.24. The minimum Gasteiger partial charge on any atom is -0.245 e. The van der Waals surface area contributed by atoms with E-state index in [-0.39, 0.29) is 0 Å². The predicted octanol–water partition coefficient (Wildman–Crippen LogP) is 3.36. The van der Waals surface area contributed by atoms with E-state index >= 15 is 0 Å². The second-order valence-electron chi connectivity index (χ2n) is 2.27. The molecule has 0 fully saturated rings. The van der Waals surface area contributed by atoms with Crippen molar-refractivity contribution in [3.8, 4) is 12.1 Å². The smallest absolute Gasteiger partial charge is 0.0812 e. The van der Waals surface area contributed by atoms with Crippen molar-refractivity contribution in [3.05, 3.63) is 29.8 Å². The van der Waals surface area contributed by atoms with E-state index in [4.69, 9.17) is 10.5 Å². The van der Waals surface area contributed by atoms with Gasteiger partial charge < -0.3 is 0 Å². The van der Waals surface area contributed by atoms with Gasteiger partial charge in [0, 0.05) is 13.8 Å². The molecule has 2 aromatic rings. The SMILES string of the molecule is CC#N.CC#N.c1ccc2scnc2c1. The molecule has 0 N–H and O–H groups in total. The lowest BCUT2D eigenvalue weighted by Crippen LogP contribution is -1.61. The van der Waals surface area contributed by atoms with Crippen LogP contribution >= 0.6 is 11.3 Å². The topological polar surface area (TPSA) is 60.5 Å². The molecule has 0 unspecified atom stereocenters. The zero-order chi connectivity index (χ0) is 11.5. The van der Waals surface area contributed by atoms with E-state index in [9.17, 15) is 0 Å². The standard InChI is InChI=1S/C7H5NS.2C2H3N/c1-2-4-7-6(3-1)8-5-9-7;2*1-2-3/h1-5H;2*1H3. The van der Waals surface area contributed by atoms with Crippen molar-refractivity contribution in [2.45, 2.75) is 13.8 Å². The Balaban J connectivity index is 0.000000280. The molecule has 0 aliphatic heterocycles. The molecule has 1 aromatic heterocycles. The molecule has 15 heavy (non-hydrogen) atoms. The van der Waals surface area contributed by atoms with Crippen LogP contribution < -0.4 is 0 Å². The molecule has 0 aliphatic rings. The van der Waals surface area contributed by atoms with E-state index in [0.717, 1.165) is 5.52 Å². The van der Waals surface area contributed by atoms with Gasteiger partial charge in [-0.15, -0.1) is 11.3 Å². The Labute approximate surface area is 93.2 Å². The molecule has 4 heteroatoms. The number of rotatable bonds is 0. The van der Waals surface area contributed by atoms with Crippen LogP contribution in [0.15, 0.2) is 29.8 Å². The molecule has 76 valence electrons. The van der Waals surface area contributed by atoms with Gasteiger partial charge in [-0.05, 0) is 12.1 Å². The average molecular weight is 217 g/mol. The molecule has 2 rings (SSSR count). The molecular formula is C11H11N3S. The Hall–Kier alpha value is -1.91. The van der Waals surface area contributed by atoms with Crippen LogP contribution in [0.3, 0.4) is 0 Å². The van der Waals surface area contributed by atoms with E-state index < -0.39 is 0 Å². The summed E-state index contributed by atoms with van der Waals surface area (Å²) in [6.07, 6.45) is 0. The molecule has 0 radical (unpaired) electrons. The van der Waals surface area contributed by atoms with Crippen LogP contribution in [0.5, 0.6) is 0 Å². The quantitative estimate of drug-likeness (QED) is 0.679. The number of nitrogens with zero attached hydrogens (tertiary/aromatic N) is 3. The van der Waals surface area contributed by atoms with Crippen LogP contribution in [0.2, 0.25) is 0 Å². The highest BCUT2D eigenvalue weighted by Crippen LogP contribution is 2.15. The zero-order valence-electron chi connectivity index (χ0n) is 8.64. The van der Waals surface area contributed by atoms with Crippen LogP contribution in [0.1, 0.15) is 13.8 Å². The Morgan fingerprint density at radius 2 is 1.67 bits per heavy atom. The fourth-order valence-corrected chi connectivity index (χ4v) is 1.48. The summed E-state index contributed by atoms with van der Waals surface area (Å²) >= 11 is 1.68. The molecule has 1 heterocycles. The van der Waals surface area contributed by atoms with Crippen LogP contribution in [-0.4, -0.2) is 4.98 Å². The van der Waals surface area contributed by atoms with E-state index in [1.54, 1.807) is 23.5 Å². The first-order chi connectivity index (χ1) is 7.29. The van der Waals surface area contributed by atoms with Crippen molar-refractivity contribution in [1.29, 1.82) is 10.5 Å². The number of para-hydroxylation sites is 1. The fourth-order valence-electron chi connectivity index (χ4n) is 0.803. The molecule has 0 atom stereocenters. The molecule has 3 nitrogen and oxygen atoms in total. The molecule has 0 saturated heterocycles. The monoisotopic (exact) mass is 217 g/mol. The molecule has 0 aliphatic carbocycles. The summed E-state index contributed by atoms with van der Waals surface area (Å²) < 4.78 is 1.26. The third kappa shape index (κ3) is 5.41. The summed E-state index contributed by atoms with van der Waals surface area (Å²) in [7, 11) is 0. The first-order valence-electron chi connectivity index (χ1n) is 4.20. The van der Waals surface area contributed by atoms with Crippen LogP contribution in [0, 0.1) is 22.7 Å². The molecule has 0 bridgehead atoms. The van der Waals surface area contributed by atoms with Gasteiger partial charge in [0.1, 0.15) is 0 Å². The summed E-state index contributed by atoms with van der Waals surface area (Å²) in [4.78, 5) is 4.14. The number of hydrogen-bond donors (Lipinski definition) is 0. The normalized spacial score (nSPS) is 7.20. The lowest BCUT2D eigenvalue weighted by atomic mass is 10.3. The average Bonchev–Trinajstić information content (AvgIpc) is 2.67. The van der Waals surface area contributed by atoms with E-state index in [2.05, 4.69) is 11.1 Å². The molecule has 1 aromatic carbocycles. The summed E-state index contributed by atoms with van der Waals surface area (Å²) in [5.74, 6) is 0. The largest absolute Gasteiger partial charge is 0.245 e. The van der Waals surface area contributed by atoms with Crippen molar-refractivity contribution < 1.29 is 0 Å². The Kier molecular flexibility index (Phi) is 7.57. The van der Waals surface area contributed by atoms with E-state index in [0.29, 0.717) is 0 Å². The van der Waals surface area contributed by atoms with Gasteiger partial charge in [-0.2, -0.15) is 10.5 Å². The van der Waals surface area contributed by atoms with Crippen molar-refractivity contribution in [2.24, 2.45) is 0 Å². The first kappa shape index (κ1) is 13.1. The molecule has 0 spiro atoms. The Morgan fingerprint density at radius 1 is 1.13 bits per heavy atom. The van der Waals surface area contributed by atoms with Crippen LogP contribution in [0.4, 0.5) is 0 Å². The van der Waals surface area contributed by atoms with Gasteiger partial charge >= 0.3 is 0 Å². The minimum absolute atomic E-state index is 1.10. The number of nitriles is 2. The van der Waals surface area contributed by atoms with Crippen molar-refractivity contribution in [3.63, 3.8) is 0 Å². The highest BCUT2D eigenvalue weighted by molar-refractivity contribution is 7.16. The highest BCUT2D eigenvalue weighted by atomic mass is 32.1. The lowest BCUT2D eigenvalue weighted by Gasteiger charge is -1.80. The number of benzene rings is 1. The summed E-state index contributed by atoms with van der Waals surface area (Å²) in [5.41, 5.74) is 2.97. The van der Waals surface area contributed by atoms with Gasteiger partial charge in [0.2, 0.25) is 0 Å². The van der Waals surface area contributed by atoms with Crippen molar-refractivity contribution in [1.82, 2.24) is 4.98 Å². The van der Waals surface area contributed by atoms with Crippen molar-refractivity contribution in [2.75, 3.05) is 0 Å². The highest BCUT2D eigenvalue weighted by Gasteiger charge is 1.89. The van der Waals surface area contributed by atoms with Gasteiger partial charge in [0.15, 0.2) is 0 Å². The lowest BCUT2D eigenvalue weighted by molar-refractivity contribution is 1.49. The third-order valence-corrected chi connectivity index (χ3v) is 2.05. The molecule has 0 amide bonds. The van der Waals surface area contributed by atoms with E-state index in [1.165, 1.54) is 18.5 Å². The fraction of sp³-hybridized carbons (Fsp3) is 0.182. The molecular weight excluding hydrogens is 206 g/mol. The summed E-state index contributed by atoms with van der Waals surface area (Å²) in [6, 6.07) is 11.6. The predicted molar refractivity (Wildman–Crippen MR) is 62.2 cm³/mol. The zero-order valence-corrected chi connectivity index (χ0v) is 9.45. The van der Waals surface area contributed by atoms with E-state index in [1.807, 2.05) is 23.7 Å². The minimum atomic E-state index is 1.10. The first-order valence-corrected chi connectivity index (χ1v) is 5.08. The number of aromatic nitrogens is 1. The maximum Gasteiger partial charge on any atom is 0.0812 e. The van der Waals surface area contributed by atoms with Gasteiger partial charge in [-0.3, -0.25) is 0 Å². The Bertz CT molecular complexity index is 420. The van der Waals surface area contributed by atoms with Gasteiger partial charge in [-0.25, -0.2) is 4.98 Å². The number of fused-ring (bicyclic) bond motifs is 1. The molecule has 0 saturated carbocycles. The second-order valence-corrected chi connectivity index (χ2v) is 3.15. The van der Waals surface area contributed by atoms with Crippen LogP contribution in [-0.2, 0) is 0 Å². The second kappa shape index (κ2) is 8.68. The summed E-state index contributed by atoms with van der Waals surface area (Å²) in [5, 5.41) is 14.6. The van der Waals surface area contributed by atoms with Gasteiger partial charge in [0.05, 0.1) is 27.9 Å². The van der Waals surface area contributed by atoms with Gasteiger partial charge in [-0.1, -0.05) is 12.1 Å².